The van der Waals surface area contributed by atoms with E-state index in [9.17, 15) is 0 Å². The lowest BCUT2D eigenvalue weighted by atomic mass is 10.2. The molecule has 0 unspecified atom stereocenters. The molecule has 3 aromatic rings. The van der Waals surface area contributed by atoms with Crippen LogP contribution in [0.25, 0.3) is 11.4 Å². The van der Waals surface area contributed by atoms with Gasteiger partial charge in [0.1, 0.15) is 12.4 Å². The van der Waals surface area contributed by atoms with Crippen molar-refractivity contribution in [3.63, 3.8) is 0 Å². The van der Waals surface area contributed by atoms with Crippen LogP contribution in [0.15, 0.2) is 40.9 Å². The van der Waals surface area contributed by atoms with Gasteiger partial charge < -0.3 is 4.74 Å². The summed E-state index contributed by atoms with van der Waals surface area (Å²) in [6.07, 6.45) is 0. The van der Waals surface area contributed by atoms with Crippen LogP contribution in [0.5, 0.6) is 5.75 Å². The first kappa shape index (κ1) is 15.3. The number of aromatic amines is 1. The molecule has 5 nitrogen and oxygen atoms in total. The molecule has 0 spiro atoms. The fourth-order valence-corrected chi connectivity index (χ4v) is 2.86. The molecule has 0 atom stereocenters. The standard InChI is InChI=1S/C14H9BrCl2N4O/c15-10-6-8(14-18-20-21-19-14)4-5-13(10)22-7-9-11(16)2-1-3-12(9)17/h1-6H,7H2,(H,18,19,20,21). The number of halogens is 3. The molecule has 22 heavy (non-hydrogen) atoms. The zero-order valence-electron chi connectivity index (χ0n) is 11.1. The van der Waals surface area contributed by atoms with Crippen LogP contribution < -0.4 is 4.74 Å². The van der Waals surface area contributed by atoms with Gasteiger partial charge >= 0.3 is 0 Å². The molecule has 1 aromatic heterocycles. The largest absolute Gasteiger partial charge is 0.488 e. The van der Waals surface area contributed by atoms with Crippen molar-refractivity contribution in [2.75, 3.05) is 0 Å². The normalized spacial score (nSPS) is 10.7. The van der Waals surface area contributed by atoms with E-state index in [1.165, 1.54) is 0 Å². The van der Waals surface area contributed by atoms with Gasteiger partial charge in [0.05, 0.1) is 4.47 Å². The predicted molar refractivity (Wildman–Crippen MR) is 88.1 cm³/mol. The average molecular weight is 400 g/mol. The topological polar surface area (TPSA) is 63.7 Å². The van der Waals surface area contributed by atoms with E-state index in [-0.39, 0.29) is 6.61 Å². The van der Waals surface area contributed by atoms with E-state index >= 15 is 0 Å². The highest BCUT2D eigenvalue weighted by atomic mass is 79.9. The van der Waals surface area contributed by atoms with Crippen LogP contribution in [-0.4, -0.2) is 20.6 Å². The number of H-pyrrole nitrogens is 1. The molecule has 8 heteroatoms. The summed E-state index contributed by atoms with van der Waals surface area (Å²) in [4.78, 5) is 0. The molecular formula is C14H9BrCl2N4O. The van der Waals surface area contributed by atoms with E-state index < -0.39 is 0 Å². The first-order valence-electron chi connectivity index (χ1n) is 6.24. The summed E-state index contributed by atoms with van der Waals surface area (Å²) in [6.45, 7) is 0.276. The maximum absolute atomic E-state index is 6.13. The first-order valence-corrected chi connectivity index (χ1v) is 7.79. The van der Waals surface area contributed by atoms with Crippen molar-refractivity contribution in [2.24, 2.45) is 0 Å². The lowest BCUT2D eigenvalue weighted by Crippen LogP contribution is -1.98. The second-order valence-electron chi connectivity index (χ2n) is 4.37. The van der Waals surface area contributed by atoms with Gasteiger partial charge in [0.15, 0.2) is 0 Å². The third-order valence-corrected chi connectivity index (χ3v) is 4.30. The first-order chi connectivity index (χ1) is 10.6. The summed E-state index contributed by atoms with van der Waals surface area (Å²) in [6, 6.07) is 10.9. The molecular weight excluding hydrogens is 391 g/mol. The predicted octanol–water partition coefficient (Wildman–Crippen LogP) is 4.52. The third kappa shape index (κ3) is 3.24. The quantitative estimate of drug-likeness (QED) is 0.700. The average Bonchev–Trinajstić information content (AvgIpc) is 3.02. The Morgan fingerprint density at radius 1 is 1.14 bits per heavy atom. The zero-order chi connectivity index (χ0) is 15.5. The van der Waals surface area contributed by atoms with Gasteiger partial charge in [-0.05, 0) is 51.5 Å². The number of benzene rings is 2. The van der Waals surface area contributed by atoms with Gasteiger partial charge in [0, 0.05) is 21.2 Å². The number of hydrogen-bond acceptors (Lipinski definition) is 4. The van der Waals surface area contributed by atoms with E-state index in [0.717, 1.165) is 15.6 Å². The van der Waals surface area contributed by atoms with Crippen molar-refractivity contribution in [3.8, 4) is 17.1 Å². The second-order valence-corrected chi connectivity index (χ2v) is 6.04. The summed E-state index contributed by atoms with van der Waals surface area (Å²) in [5, 5.41) is 15.0. The molecule has 0 aliphatic rings. The van der Waals surface area contributed by atoms with E-state index in [1.807, 2.05) is 18.2 Å². The van der Waals surface area contributed by atoms with Crippen molar-refractivity contribution in [1.82, 2.24) is 20.6 Å². The van der Waals surface area contributed by atoms with E-state index in [0.29, 0.717) is 21.6 Å². The van der Waals surface area contributed by atoms with Crippen LogP contribution in [0.4, 0.5) is 0 Å². The number of nitrogens with zero attached hydrogens (tertiary/aromatic N) is 3. The van der Waals surface area contributed by atoms with Crippen LogP contribution in [0.1, 0.15) is 5.56 Å². The number of aromatic nitrogens is 4. The number of hydrogen-bond donors (Lipinski definition) is 1. The number of tetrazole rings is 1. The van der Waals surface area contributed by atoms with Crippen LogP contribution >= 0.6 is 39.1 Å². The highest BCUT2D eigenvalue weighted by Gasteiger charge is 2.10. The lowest BCUT2D eigenvalue weighted by Gasteiger charge is -2.11. The summed E-state index contributed by atoms with van der Waals surface area (Å²) in [7, 11) is 0. The molecule has 0 aliphatic carbocycles. The number of rotatable bonds is 4. The van der Waals surface area contributed by atoms with Crippen LogP contribution in [-0.2, 0) is 6.61 Å². The smallest absolute Gasteiger partial charge is 0.204 e. The molecule has 0 amide bonds. The molecule has 3 rings (SSSR count). The van der Waals surface area contributed by atoms with Gasteiger partial charge in [0.2, 0.25) is 5.82 Å². The summed E-state index contributed by atoms with van der Waals surface area (Å²) in [5.74, 6) is 1.18. The molecule has 112 valence electrons. The second kappa shape index (κ2) is 6.64. The molecule has 2 aromatic carbocycles. The van der Waals surface area contributed by atoms with Crippen LogP contribution in [0, 0.1) is 0 Å². The third-order valence-electron chi connectivity index (χ3n) is 2.97. The minimum absolute atomic E-state index is 0.276. The Morgan fingerprint density at radius 3 is 2.55 bits per heavy atom. The van der Waals surface area contributed by atoms with E-state index in [1.54, 1.807) is 18.2 Å². The fourth-order valence-electron chi connectivity index (χ4n) is 1.86. The van der Waals surface area contributed by atoms with Crippen LogP contribution in [0.2, 0.25) is 10.0 Å². The highest BCUT2D eigenvalue weighted by Crippen LogP contribution is 2.31. The molecule has 0 fully saturated rings. The molecule has 0 saturated heterocycles. The van der Waals surface area contributed by atoms with Gasteiger partial charge in [0.25, 0.3) is 0 Å². The Balaban J connectivity index is 1.79. The summed E-state index contributed by atoms with van der Waals surface area (Å²) >= 11 is 15.7. The van der Waals surface area contributed by atoms with Crippen LogP contribution in [0.3, 0.4) is 0 Å². The highest BCUT2D eigenvalue weighted by molar-refractivity contribution is 9.10. The Labute approximate surface area is 144 Å². The van der Waals surface area contributed by atoms with E-state index in [4.69, 9.17) is 27.9 Å². The van der Waals surface area contributed by atoms with Gasteiger partial charge in [-0.3, -0.25) is 0 Å². The Morgan fingerprint density at radius 2 is 1.91 bits per heavy atom. The lowest BCUT2D eigenvalue weighted by molar-refractivity contribution is 0.304. The van der Waals surface area contributed by atoms with Gasteiger partial charge in [-0.2, -0.15) is 5.21 Å². The van der Waals surface area contributed by atoms with Gasteiger partial charge in [-0.1, -0.05) is 29.3 Å². The Hall–Kier alpha value is -1.63. The monoisotopic (exact) mass is 398 g/mol. The minimum atomic E-state index is 0.276. The van der Waals surface area contributed by atoms with E-state index in [2.05, 4.69) is 36.6 Å². The molecule has 0 bridgehead atoms. The zero-order valence-corrected chi connectivity index (χ0v) is 14.2. The molecule has 0 aliphatic heterocycles. The fraction of sp³-hybridized carbons (Fsp3) is 0.0714. The van der Waals surface area contributed by atoms with Crippen molar-refractivity contribution < 1.29 is 4.74 Å². The minimum Gasteiger partial charge on any atom is -0.488 e. The molecule has 0 saturated carbocycles. The SMILES string of the molecule is Clc1cccc(Cl)c1COc1ccc(-c2nn[nH]n2)cc1Br. The van der Waals surface area contributed by atoms with Gasteiger partial charge in [-0.25, -0.2) is 0 Å². The molecule has 1 heterocycles. The summed E-state index contributed by atoms with van der Waals surface area (Å²) < 4.78 is 6.55. The van der Waals surface area contributed by atoms with Crippen molar-refractivity contribution >= 4 is 39.1 Å². The molecule has 0 radical (unpaired) electrons. The maximum atomic E-state index is 6.13. The summed E-state index contributed by atoms with van der Waals surface area (Å²) in [5.41, 5.74) is 1.57. The Kier molecular flexibility index (Phi) is 4.61. The number of nitrogens with one attached hydrogen (secondary N) is 1. The molecule has 1 N–H and O–H groups in total. The van der Waals surface area contributed by atoms with Crippen molar-refractivity contribution in [1.29, 1.82) is 0 Å². The Bertz CT molecular complexity index is 775. The maximum Gasteiger partial charge on any atom is 0.204 e. The van der Waals surface area contributed by atoms with Gasteiger partial charge in [-0.15, -0.1) is 10.2 Å². The number of ether oxygens (including phenoxy) is 1. The van der Waals surface area contributed by atoms with Crippen molar-refractivity contribution in [2.45, 2.75) is 6.61 Å². The van der Waals surface area contributed by atoms with Crippen molar-refractivity contribution in [3.05, 3.63) is 56.5 Å².